The van der Waals surface area contributed by atoms with E-state index < -0.39 is 27.1 Å². The number of aliphatic hydroxyl groups is 2. The molecule has 0 radical (unpaired) electrons. The third kappa shape index (κ3) is 9.99. The smallest absolute Gasteiger partial charge is 0.394 e. The van der Waals surface area contributed by atoms with Gasteiger partial charge in [-0.3, -0.25) is 4.52 Å². The Kier molecular flexibility index (Phi) is 6.93. The van der Waals surface area contributed by atoms with Gasteiger partial charge in [0.2, 0.25) is 0 Å². The van der Waals surface area contributed by atoms with E-state index in [-0.39, 0.29) is 6.15 Å². The van der Waals surface area contributed by atoms with E-state index in [4.69, 9.17) is 20.0 Å². The second-order valence-electron chi connectivity index (χ2n) is 1.62. The first-order valence-corrected chi connectivity index (χ1v) is 3.98. The molecule has 0 aliphatic rings. The highest BCUT2D eigenvalue weighted by atomic mass is 31.2. The molecular weight excluding hydrogens is 177 g/mol. The summed E-state index contributed by atoms with van der Waals surface area (Å²) in [5.74, 6) is 0. The number of phosphoric ester groups is 1. The third-order valence-corrected chi connectivity index (χ3v) is 1.13. The van der Waals surface area contributed by atoms with Gasteiger partial charge in [-0.2, -0.15) is 0 Å². The van der Waals surface area contributed by atoms with Crippen LogP contribution in [0, 0.1) is 0 Å². The molecule has 0 fully saturated rings. The molecule has 8 heteroatoms. The van der Waals surface area contributed by atoms with E-state index >= 15 is 0 Å². The molecule has 7 N–H and O–H groups in total. The number of phosphoric acid groups is 1. The van der Waals surface area contributed by atoms with Crippen molar-refractivity contribution in [3.8, 4) is 0 Å². The summed E-state index contributed by atoms with van der Waals surface area (Å²) < 4.78 is 13.8. The van der Waals surface area contributed by atoms with Crippen molar-refractivity contribution >= 4 is 7.82 Å². The molecule has 70 valence electrons. The van der Waals surface area contributed by atoms with Crippen molar-refractivity contribution in [2.45, 2.75) is 6.10 Å². The Labute approximate surface area is 63.4 Å². The molecule has 1 atom stereocenters. The van der Waals surface area contributed by atoms with Gasteiger partial charge in [0.1, 0.15) is 6.10 Å². The summed E-state index contributed by atoms with van der Waals surface area (Å²) in [7, 11) is -4.50. The molecule has 0 aromatic carbocycles. The molecule has 0 saturated heterocycles. The van der Waals surface area contributed by atoms with Gasteiger partial charge in [-0.05, 0) is 0 Å². The Morgan fingerprint density at radius 1 is 1.45 bits per heavy atom. The van der Waals surface area contributed by atoms with E-state index in [9.17, 15) is 4.57 Å². The Bertz CT molecular complexity index is 134. The van der Waals surface area contributed by atoms with E-state index in [0.29, 0.717) is 0 Å². The van der Waals surface area contributed by atoms with Crippen LogP contribution in [0.2, 0.25) is 0 Å². The van der Waals surface area contributed by atoms with Crippen LogP contribution < -0.4 is 6.15 Å². The highest BCUT2D eigenvalue weighted by Crippen LogP contribution is 2.35. The minimum Gasteiger partial charge on any atom is -0.394 e. The summed E-state index contributed by atoms with van der Waals surface area (Å²) in [5, 5.41) is 16.7. The largest absolute Gasteiger partial charge is 0.469 e. The number of hydrogen-bond acceptors (Lipinski definition) is 5. The van der Waals surface area contributed by atoms with Gasteiger partial charge in [0.25, 0.3) is 0 Å². The van der Waals surface area contributed by atoms with Crippen LogP contribution in [0.3, 0.4) is 0 Å². The molecule has 0 bridgehead atoms. The summed E-state index contributed by atoms with van der Waals surface area (Å²) in [6.07, 6.45) is -1.24. The molecule has 0 heterocycles. The highest BCUT2D eigenvalue weighted by Gasteiger charge is 2.15. The molecule has 0 rings (SSSR count). The molecular formula is C3H12NO6P. The fraction of sp³-hybridized carbons (Fsp3) is 1.00. The van der Waals surface area contributed by atoms with Crippen molar-refractivity contribution in [3.05, 3.63) is 0 Å². The van der Waals surface area contributed by atoms with E-state index in [1.807, 2.05) is 0 Å². The SMILES string of the molecule is N.O=P(O)(O)OCC(O)CO. The maximum Gasteiger partial charge on any atom is 0.469 e. The van der Waals surface area contributed by atoms with Gasteiger partial charge in [0, 0.05) is 0 Å². The lowest BCUT2D eigenvalue weighted by Gasteiger charge is -2.07. The molecule has 0 spiro atoms. The van der Waals surface area contributed by atoms with Crippen LogP contribution in [0.5, 0.6) is 0 Å². The summed E-state index contributed by atoms with van der Waals surface area (Å²) in [5.41, 5.74) is 0. The van der Waals surface area contributed by atoms with Crippen molar-refractivity contribution in [1.82, 2.24) is 6.15 Å². The lowest BCUT2D eigenvalue weighted by Crippen LogP contribution is -2.18. The molecule has 0 aliphatic carbocycles. The molecule has 0 amide bonds. The van der Waals surface area contributed by atoms with Crippen LogP contribution >= 0.6 is 7.82 Å². The van der Waals surface area contributed by atoms with Crippen LogP contribution in [0.4, 0.5) is 0 Å². The van der Waals surface area contributed by atoms with Crippen molar-refractivity contribution in [2.75, 3.05) is 13.2 Å². The van der Waals surface area contributed by atoms with Gasteiger partial charge in [0.15, 0.2) is 0 Å². The van der Waals surface area contributed by atoms with Crippen LogP contribution in [0.1, 0.15) is 0 Å². The first-order valence-electron chi connectivity index (χ1n) is 2.44. The van der Waals surface area contributed by atoms with Crippen LogP contribution in [0.25, 0.3) is 0 Å². The predicted molar refractivity (Wildman–Crippen MR) is 36.1 cm³/mol. The zero-order valence-corrected chi connectivity index (χ0v) is 6.65. The average molecular weight is 189 g/mol. The first-order chi connectivity index (χ1) is 4.45. The minimum atomic E-state index is -4.50. The standard InChI is InChI=1S/C3H9O6P.H3N/c4-1-3(5)2-9-10(6,7)8;/h3-5H,1-2H2,(H2,6,7,8);1H3. The summed E-state index contributed by atoms with van der Waals surface area (Å²) >= 11 is 0. The van der Waals surface area contributed by atoms with Gasteiger partial charge < -0.3 is 26.2 Å². The predicted octanol–water partition coefficient (Wildman–Crippen LogP) is -1.39. The molecule has 1 unspecified atom stereocenters. The number of rotatable bonds is 4. The van der Waals surface area contributed by atoms with E-state index in [1.165, 1.54) is 0 Å². The van der Waals surface area contributed by atoms with Crippen molar-refractivity contribution in [3.63, 3.8) is 0 Å². The summed E-state index contributed by atoms with van der Waals surface area (Å²) in [6.45, 7) is -1.15. The van der Waals surface area contributed by atoms with Gasteiger partial charge >= 0.3 is 7.82 Å². The van der Waals surface area contributed by atoms with E-state index in [1.54, 1.807) is 0 Å². The fourth-order valence-electron chi connectivity index (χ4n) is 0.236. The van der Waals surface area contributed by atoms with Crippen molar-refractivity contribution in [2.24, 2.45) is 0 Å². The minimum absolute atomic E-state index is 0. The topological polar surface area (TPSA) is 142 Å². The van der Waals surface area contributed by atoms with Gasteiger partial charge in [-0.15, -0.1) is 0 Å². The Morgan fingerprint density at radius 2 is 1.91 bits per heavy atom. The quantitative estimate of drug-likeness (QED) is 0.342. The molecule has 7 nitrogen and oxygen atoms in total. The molecule has 0 aromatic heterocycles. The fourth-order valence-corrected chi connectivity index (χ4v) is 0.602. The number of aliphatic hydroxyl groups excluding tert-OH is 2. The molecule has 11 heavy (non-hydrogen) atoms. The number of hydrogen-bond donors (Lipinski definition) is 5. The zero-order chi connectivity index (χ0) is 8.20. The van der Waals surface area contributed by atoms with Crippen molar-refractivity contribution in [1.29, 1.82) is 0 Å². The summed E-state index contributed by atoms with van der Waals surface area (Å²) in [6, 6.07) is 0. The van der Waals surface area contributed by atoms with E-state index in [0.717, 1.165) is 0 Å². The van der Waals surface area contributed by atoms with Gasteiger partial charge in [-0.1, -0.05) is 0 Å². The van der Waals surface area contributed by atoms with Gasteiger partial charge in [0.05, 0.1) is 13.2 Å². The second-order valence-corrected chi connectivity index (χ2v) is 2.86. The monoisotopic (exact) mass is 189 g/mol. The normalized spacial score (nSPS) is 13.8. The Hall–Kier alpha value is -0.0100. The van der Waals surface area contributed by atoms with Crippen molar-refractivity contribution < 1.29 is 29.1 Å². The van der Waals surface area contributed by atoms with Crippen LogP contribution in [-0.2, 0) is 9.09 Å². The van der Waals surface area contributed by atoms with Gasteiger partial charge in [-0.25, -0.2) is 4.57 Å². The highest BCUT2D eigenvalue weighted by molar-refractivity contribution is 7.46. The van der Waals surface area contributed by atoms with E-state index in [2.05, 4.69) is 4.52 Å². The molecule has 0 aromatic rings. The Morgan fingerprint density at radius 3 is 2.18 bits per heavy atom. The molecule has 0 saturated carbocycles. The summed E-state index contributed by atoms with van der Waals surface area (Å²) in [4.78, 5) is 16.1. The zero-order valence-electron chi connectivity index (χ0n) is 5.75. The maximum absolute atomic E-state index is 9.93. The first kappa shape index (κ1) is 13.6. The van der Waals surface area contributed by atoms with Crippen LogP contribution in [-0.4, -0.2) is 39.3 Å². The Balaban J connectivity index is 0. The lowest BCUT2D eigenvalue weighted by molar-refractivity contribution is 0.0419. The molecule has 0 aliphatic heterocycles. The third-order valence-electron chi connectivity index (χ3n) is 0.646. The average Bonchev–Trinajstić information content (AvgIpc) is 1.81. The van der Waals surface area contributed by atoms with Crippen LogP contribution in [0.15, 0.2) is 0 Å². The lowest BCUT2D eigenvalue weighted by atomic mass is 10.4. The maximum atomic E-state index is 9.93. The second kappa shape index (κ2) is 5.62.